The smallest absolute Gasteiger partial charge is 0.305 e. The molecule has 650 valence electrons. The summed E-state index contributed by atoms with van der Waals surface area (Å²) in [6, 6.07) is 7.53. The highest BCUT2D eigenvalue weighted by molar-refractivity contribution is 8.00. The van der Waals surface area contributed by atoms with Crippen LogP contribution < -0.4 is 70.0 Å². The molecule has 2 aliphatic heterocycles. The number of carboxylic acid groups (broad SMARTS) is 2. The molecule has 2 aliphatic rings. The second-order valence-corrected chi connectivity index (χ2v) is 30.2. The molecule has 6 rings (SSSR count). The van der Waals surface area contributed by atoms with Crippen LogP contribution in [0.2, 0.25) is 0 Å². The molecule has 0 unspecified atom stereocenters. The van der Waals surface area contributed by atoms with Gasteiger partial charge in [-0.2, -0.15) is 0 Å². The van der Waals surface area contributed by atoms with Crippen molar-refractivity contribution in [3.05, 3.63) is 132 Å². The highest BCUT2D eigenvalue weighted by atomic mass is 32.2. The first-order chi connectivity index (χ1) is 56.8. The highest BCUT2D eigenvalue weighted by Crippen LogP contribution is 2.24. The Morgan fingerprint density at radius 3 is 1.46 bits per heavy atom. The molecule has 0 aromatic heterocycles. The Bertz CT molecular complexity index is 4320. The molecule has 2 saturated heterocycles. The summed E-state index contributed by atoms with van der Waals surface area (Å²) < 4.78 is 0. The van der Waals surface area contributed by atoms with Gasteiger partial charge in [-0.1, -0.05) is 129 Å². The van der Waals surface area contributed by atoms with Gasteiger partial charge in [0, 0.05) is 52.1 Å². The molecule has 4 aromatic carbocycles. The molecule has 40 nitrogen and oxygen atoms in total. The maximum Gasteiger partial charge on any atom is 0.305 e. The maximum absolute atomic E-state index is 15.4. The minimum atomic E-state index is -2.15. The van der Waals surface area contributed by atoms with Gasteiger partial charge < -0.3 is 115 Å². The number of aliphatic hydroxyl groups excluding tert-OH is 4. The molecule has 0 aliphatic carbocycles. The molecule has 4 aromatic rings. The Hall–Kier alpha value is -12.5. The molecule has 41 heteroatoms. The molecule has 16 amide bonds. The lowest BCUT2D eigenvalue weighted by atomic mass is 9.98. The monoisotopic (exact) mass is 1690 g/mol. The van der Waals surface area contributed by atoms with E-state index >= 15 is 9.59 Å². The zero-order valence-corrected chi connectivity index (χ0v) is 67.6. The van der Waals surface area contributed by atoms with Crippen LogP contribution >= 0.6 is 11.8 Å². The summed E-state index contributed by atoms with van der Waals surface area (Å²) in [6.45, 7) is 1.49. The Morgan fingerprint density at radius 2 is 0.908 bits per heavy atom. The van der Waals surface area contributed by atoms with Gasteiger partial charge in [-0.25, -0.2) is 0 Å². The normalized spacial score (nSPS) is 24.6. The van der Waals surface area contributed by atoms with Crippen LogP contribution in [0, 0.1) is 5.92 Å². The van der Waals surface area contributed by atoms with Gasteiger partial charge in [-0.05, 0) is 66.8 Å². The molecular formula is C79H104N16O24S. The van der Waals surface area contributed by atoms with Crippen LogP contribution in [0.15, 0.2) is 115 Å². The van der Waals surface area contributed by atoms with Crippen molar-refractivity contribution in [2.24, 2.45) is 17.4 Å². The zero-order valence-electron chi connectivity index (χ0n) is 66.8. The Kier molecular flexibility index (Phi) is 37.4. The van der Waals surface area contributed by atoms with Gasteiger partial charge in [-0.3, -0.25) is 86.3 Å². The molecule has 0 saturated carbocycles. The van der Waals surface area contributed by atoms with Crippen molar-refractivity contribution in [3.63, 3.8) is 0 Å². The van der Waals surface area contributed by atoms with Gasteiger partial charge >= 0.3 is 11.9 Å². The van der Waals surface area contributed by atoms with E-state index in [0.717, 1.165) is 60.0 Å². The maximum atomic E-state index is 15.4. The minimum Gasteiger partial charge on any atom is -0.481 e. The van der Waals surface area contributed by atoms with E-state index < -0.39 is 266 Å². The first kappa shape index (κ1) is 96.4. The van der Waals surface area contributed by atoms with Crippen LogP contribution in [0.1, 0.15) is 82.9 Å². The summed E-state index contributed by atoms with van der Waals surface area (Å²) in [7, 11) is 2.14. The van der Waals surface area contributed by atoms with Crippen molar-refractivity contribution in [2.75, 3.05) is 51.9 Å². The standard InChI is InChI=1S/C79H104N16O24S/c1-41(2)64-74(114)85-51(35-63(105)106)70(110)91-66(43(4)99)76(116)92-65(42(3)98)75(115)88-53(37-96)78(118)94(6)58(33-45-19-12-8-13-20-45)73(113)86-52(32-46-24-26-48(27-25-46)47-21-14-9-15-22-47)77(117)93(5)56(28-29-62(103)104)71(111)84-50(34-59(80)100)68(108)87-54(38-97)79(119)95-30-16-23-57(95)72(112)89-55(67(107)82-36-60(81)101)39-120-40-61(102)83-49(69(109)90-64)31-44-17-10-7-11-18-44/h7-15,17-22,24-27,41-43,49-58,64-66,96-99H,16,23,28-40H2,1-6H3,(H2,80,100)(H2,81,101)(H,82,107)(H,83,102)(H,84,111)(H,85,114)(H,86,113)(H,87,108)(H,88,115)(H,89,112)(H,90,109)(H,91,110)(H,92,116)(H,103,104)(H,105,106)/t42-,43-,49+,50+,51+,52+,53+,54+,55+,56+,57+,58+,64+,65+,66+/m1/s1. The number of fused-ring (bicyclic) bond motifs is 1. The van der Waals surface area contributed by atoms with Gasteiger partial charge in [0.1, 0.15) is 78.5 Å². The van der Waals surface area contributed by atoms with Crippen LogP contribution in [-0.2, 0) is 106 Å². The number of hydrogen-bond acceptors (Lipinski definition) is 23. The van der Waals surface area contributed by atoms with Crippen LogP contribution in [-0.4, -0.2) is 294 Å². The van der Waals surface area contributed by atoms with E-state index in [-0.39, 0.29) is 32.2 Å². The van der Waals surface area contributed by atoms with Crippen molar-refractivity contribution < 1.29 is 117 Å². The van der Waals surface area contributed by atoms with Gasteiger partial charge in [-0.15, -0.1) is 11.8 Å². The number of nitrogens with two attached hydrogens (primary N) is 2. The van der Waals surface area contributed by atoms with Crippen LogP contribution in [0.4, 0.5) is 0 Å². The van der Waals surface area contributed by atoms with Gasteiger partial charge in [0.25, 0.3) is 0 Å². The second-order valence-electron chi connectivity index (χ2n) is 29.2. The van der Waals surface area contributed by atoms with Gasteiger partial charge in [0.05, 0.1) is 50.6 Å². The lowest BCUT2D eigenvalue weighted by molar-refractivity contribution is -0.146. The Labute approximate surface area is 693 Å². The van der Waals surface area contributed by atoms with Gasteiger partial charge in [0.2, 0.25) is 94.5 Å². The summed E-state index contributed by atoms with van der Waals surface area (Å²) in [6.07, 6.45) is -8.70. The number of primary amides is 2. The molecule has 15 atom stereocenters. The summed E-state index contributed by atoms with van der Waals surface area (Å²) in [5.74, 6) is -24.0. The molecule has 0 radical (unpaired) electrons. The topological polar surface area (TPSA) is 623 Å². The average Bonchev–Trinajstić information content (AvgIpc) is 1.29. The molecule has 0 spiro atoms. The number of thioether (sulfide) groups is 1. The van der Waals surface area contributed by atoms with E-state index in [0.29, 0.717) is 22.3 Å². The van der Waals surface area contributed by atoms with Crippen molar-refractivity contribution in [1.29, 1.82) is 0 Å². The SMILES string of the molecule is CC(C)[C@@H]1NC(=O)[C@H](Cc2ccccc2)NC(=O)CSC[C@@H](C(=O)NCC(N)=O)NC(=O)[C@@H]2CCCN2C(=O)[C@H](CO)NC(=O)[C@H](CC(N)=O)NC(=O)[C@H](CCC(=O)O)N(C)C(=O)[C@H](Cc2ccc(-c3ccccc3)cc2)NC(=O)[C@H](Cc2ccccc2)N(C)C(=O)[C@H](CO)NC(=O)[C@H]([C@@H](C)O)NC(=O)[C@H]([C@@H](C)O)NC(=O)[C@H](CC(=O)O)NC1=O. The molecule has 21 N–H and O–H groups in total. The number of benzene rings is 4. The number of nitrogens with one attached hydrogen (secondary N) is 11. The summed E-state index contributed by atoms with van der Waals surface area (Å²) in [5, 5.41) is 89.6. The number of aliphatic carboxylic acids is 2. The molecule has 0 bridgehead atoms. The van der Waals surface area contributed by atoms with E-state index in [1.54, 1.807) is 103 Å². The van der Waals surface area contributed by atoms with E-state index in [2.05, 4.69) is 58.5 Å². The lowest BCUT2D eigenvalue weighted by Gasteiger charge is -2.34. The van der Waals surface area contributed by atoms with Gasteiger partial charge in [0.15, 0.2) is 0 Å². The number of hydrogen-bond donors (Lipinski definition) is 19. The lowest BCUT2D eigenvalue weighted by Crippen LogP contribution is -2.64. The number of amides is 16. The fourth-order valence-corrected chi connectivity index (χ4v) is 14.0. The molecule has 120 heavy (non-hydrogen) atoms. The molecule has 2 heterocycles. The predicted molar refractivity (Wildman–Crippen MR) is 428 cm³/mol. The third kappa shape index (κ3) is 29.0. The number of rotatable bonds is 22. The fourth-order valence-electron chi connectivity index (χ4n) is 13.1. The average molecular weight is 1690 g/mol. The van der Waals surface area contributed by atoms with E-state index in [1.165, 1.54) is 13.8 Å². The second kappa shape index (κ2) is 46.6. The van der Waals surface area contributed by atoms with Crippen molar-refractivity contribution in [1.82, 2.24) is 73.2 Å². The number of carboxylic acids is 2. The highest BCUT2D eigenvalue weighted by Gasteiger charge is 2.44. The molecule has 2 fully saturated rings. The summed E-state index contributed by atoms with van der Waals surface area (Å²) in [5.41, 5.74) is 13.6. The van der Waals surface area contributed by atoms with Crippen LogP contribution in [0.3, 0.4) is 0 Å². The van der Waals surface area contributed by atoms with E-state index in [9.17, 15) is 107 Å². The zero-order chi connectivity index (χ0) is 88.8. The first-order valence-electron chi connectivity index (χ1n) is 38.3. The molecular weight excluding hydrogens is 1590 g/mol. The summed E-state index contributed by atoms with van der Waals surface area (Å²) >= 11 is 0.717. The Morgan fingerprint density at radius 1 is 0.467 bits per heavy atom. The third-order valence-corrected chi connectivity index (χ3v) is 20.7. The number of likely N-dealkylation sites (N-methyl/N-ethyl adjacent to an activating group) is 2. The van der Waals surface area contributed by atoms with Crippen LogP contribution in [0.5, 0.6) is 0 Å². The largest absolute Gasteiger partial charge is 0.481 e. The predicted octanol–water partition coefficient (Wildman–Crippen LogP) is -6.16. The van der Waals surface area contributed by atoms with Crippen molar-refractivity contribution in [3.8, 4) is 11.1 Å². The first-order valence-corrected chi connectivity index (χ1v) is 39.5. The van der Waals surface area contributed by atoms with E-state index in [1.807, 2.05) is 12.1 Å². The summed E-state index contributed by atoms with van der Waals surface area (Å²) in [4.78, 5) is 255. The Balaban J connectivity index is 1.44. The van der Waals surface area contributed by atoms with E-state index in [4.69, 9.17) is 11.5 Å². The number of carbonyl (C=O) groups is 18. The van der Waals surface area contributed by atoms with Crippen LogP contribution in [0.25, 0.3) is 11.1 Å². The van der Waals surface area contributed by atoms with Crippen molar-refractivity contribution >= 4 is 118 Å². The minimum absolute atomic E-state index is 0.0966. The number of carbonyl (C=O) groups excluding carboxylic acids is 16. The third-order valence-electron chi connectivity index (χ3n) is 19.6. The quantitative estimate of drug-likeness (QED) is 0.0348. The van der Waals surface area contributed by atoms with Crippen molar-refractivity contribution in [2.45, 2.75) is 176 Å². The number of nitrogens with zero attached hydrogens (tertiary/aromatic N) is 3. The number of aliphatic hydroxyl groups is 4. The fraction of sp³-hybridized carbons (Fsp3) is 0.468.